The van der Waals surface area contributed by atoms with Gasteiger partial charge in [-0.25, -0.2) is 0 Å². The van der Waals surface area contributed by atoms with Gasteiger partial charge in [-0.15, -0.1) is 0 Å². The number of ether oxygens (including phenoxy) is 1. The first kappa shape index (κ1) is 16.3. The second-order valence-electron chi connectivity index (χ2n) is 5.26. The van der Waals surface area contributed by atoms with Crippen LogP contribution in [0.3, 0.4) is 0 Å². The summed E-state index contributed by atoms with van der Waals surface area (Å²) in [6, 6.07) is 0. The molecular weight excluding hydrogens is 264 g/mol. The highest BCUT2D eigenvalue weighted by molar-refractivity contribution is 7.86. The molecule has 110 valence electrons. The highest BCUT2D eigenvalue weighted by atomic mass is 32.2. The average molecular weight is 288 g/mol. The quantitative estimate of drug-likeness (QED) is 0.674. The van der Waals surface area contributed by atoms with Gasteiger partial charge in [0.1, 0.15) is 5.78 Å². The molecule has 0 spiro atoms. The molecule has 3 atom stereocenters. The van der Waals surface area contributed by atoms with Gasteiger partial charge in [0.15, 0.2) is 0 Å². The first-order valence-electron chi connectivity index (χ1n) is 7.07. The smallest absolute Gasteiger partial charge is 0.306 e. The Kier molecular flexibility index (Phi) is 7.28. The molecule has 1 aliphatic carbocycles. The maximum absolute atomic E-state index is 12.1. The third-order valence-electron chi connectivity index (χ3n) is 3.48. The highest BCUT2D eigenvalue weighted by Gasteiger charge is 2.25. The van der Waals surface area contributed by atoms with Crippen LogP contribution in [0.1, 0.15) is 52.4 Å². The van der Waals surface area contributed by atoms with E-state index < -0.39 is 10.8 Å². The average Bonchev–Trinajstić information content (AvgIpc) is 2.36. The minimum absolute atomic E-state index is 0.0930. The van der Waals surface area contributed by atoms with E-state index in [9.17, 15) is 13.8 Å². The number of esters is 1. The van der Waals surface area contributed by atoms with E-state index in [1.165, 1.54) is 6.42 Å². The number of hydrogen-bond donors (Lipinski definition) is 0. The molecule has 1 saturated carbocycles. The fraction of sp³-hybridized carbons (Fsp3) is 0.857. The van der Waals surface area contributed by atoms with E-state index in [-0.39, 0.29) is 35.6 Å². The summed E-state index contributed by atoms with van der Waals surface area (Å²) in [6.07, 6.45) is 4.47. The van der Waals surface area contributed by atoms with Crippen molar-refractivity contribution < 1.29 is 18.5 Å². The molecule has 5 heteroatoms. The molecular formula is C14H24O4S. The molecule has 1 aliphatic rings. The zero-order valence-electron chi connectivity index (χ0n) is 11.9. The van der Waals surface area contributed by atoms with Crippen LogP contribution in [0.15, 0.2) is 0 Å². The molecule has 0 amide bonds. The third kappa shape index (κ3) is 6.32. The van der Waals surface area contributed by atoms with Crippen LogP contribution in [0.25, 0.3) is 0 Å². The number of hydrogen-bond acceptors (Lipinski definition) is 4. The molecule has 0 radical (unpaired) electrons. The van der Waals surface area contributed by atoms with Gasteiger partial charge in [-0.1, -0.05) is 19.8 Å². The molecule has 0 aromatic rings. The fourth-order valence-electron chi connectivity index (χ4n) is 2.44. The van der Waals surface area contributed by atoms with Crippen LogP contribution in [0.2, 0.25) is 0 Å². The Morgan fingerprint density at radius 1 is 1.26 bits per heavy atom. The maximum Gasteiger partial charge on any atom is 0.306 e. The molecule has 0 saturated heterocycles. The van der Waals surface area contributed by atoms with Crippen molar-refractivity contribution in [2.75, 3.05) is 12.4 Å². The summed E-state index contributed by atoms with van der Waals surface area (Å²) in [5.74, 6) is 0.256. The van der Waals surface area contributed by atoms with Crippen molar-refractivity contribution >= 4 is 22.6 Å². The van der Waals surface area contributed by atoms with E-state index in [2.05, 4.69) is 6.92 Å². The number of rotatable bonds is 7. The predicted octanol–water partition coefficient (Wildman–Crippen LogP) is 2.23. The molecule has 0 heterocycles. The Morgan fingerprint density at radius 2 is 2.00 bits per heavy atom. The topological polar surface area (TPSA) is 60.4 Å². The Hall–Kier alpha value is -0.710. The Bertz CT molecular complexity index is 340. The minimum atomic E-state index is -1.08. The summed E-state index contributed by atoms with van der Waals surface area (Å²) in [5.41, 5.74) is 0. The molecule has 0 bridgehead atoms. The van der Waals surface area contributed by atoms with Crippen LogP contribution < -0.4 is 0 Å². The summed E-state index contributed by atoms with van der Waals surface area (Å²) in [5, 5.41) is 0.162. The molecule has 0 aromatic heterocycles. The summed E-state index contributed by atoms with van der Waals surface area (Å²) in [4.78, 5) is 22.8. The molecule has 1 fully saturated rings. The van der Waals surface area contributed by atoms with Gasteiger partial charge in [-0.05, 0) is 25.7 Å². The lowest BCUT2D eigenvalue weighted by molar-refractivity contribution is -0.144. The van der Waals surface area contributed by atoms with Crippen molar-refractivity contribution in [1.29, 1.82) is 0 Å². The Labute approximate surface area is 117 Å². The summed E-state index contributed by atoms with van der Waals surface area (Å²) < 4.78 is 16.9. The van der Waals surface area contributed by atoms with Gasteiger partial charge in [0.2, 0.25) is 0 Å². The first-order chi connectivity index (χ1) is 9.02. The molecule has 19 heavy (non-hydrogen) atoms. The second-order valence-corrected chi connectivity index (χ2v) is 6.98. The van der Waals surface area contributed by atoms with Gasteiger partial charge in [0, 0.05) is 22.5 Å². The van der Waals surface area contributed by atoms with Gasteiger partial charge in [-0.3, -0.25) is 13.8 Å². The second kappa shape index (κ2) is 8.46. The normalized spacial score (nSPS) is 24.7. The standard InChI is InChI=1S/C14H24O4S/c1-3-18-14(16)8-7-12(15)10-19(17)13-6-4-5-11(2)9-13/h11,13H,3-10H2,1-2H3. The van der Waals surface area contributed by atoms with Crippen LogP contribution in [-0.4, -0.2) is 33.6 Å². The number of carbonyl (C=O) groups excluding carboxylic acids is 2. The van der Waals surface area contributed by atoms with E-state index in [0.29, 0.717) is 12.5 Å². The van der Waals surface area contributed by atoms with Crippen LogP contribution in [0.4, 0.5) is 0 Å². The van der Waals surface area contributed by atoms with Crippen molar-refractivity contribution in [3.63, 3.8) is 0 Å². The molecule has 4 nitrogen and oxygen atoms in total. The third-order valence-corrected chi connectivity index (χ3v) is 5.25. The molecule has 1 rings (SSSR count). The largest absolute Gasteiger partial charge is 0.466 e. The van der Waals surface area contributed by atoms with Crippen molar-refractivity contribution in [3.05, 3.63) is 0 Å². The fourth-order valence-corrected chi connectivity index (χ4v) is 4.11. The zero-order chi connectivity index (χ0) is 14.3. The lowest BCUT2D eigenvalue weighted by atomic mass is 9.91. The van der Waals surface area contributed by atoms with Crippen LogP contribution in [0, 0.1) is 5.92 Å². The molecule has 0 aliphatic heterocycles. The summed E-state index contributed by atoms with van der Waals surface area (Å²) in [6.45, 7) is 4.24. The van der Waals surface area contributed by atoms with Crippen molar-refractivity contribution in [3.8, 4) is 0 Å². The molecule has 0 N–H and O–H groups in total. The van der Waals surface area contributed by atoms with Crippen LogP contribution >= 0.6 is 0 Å². The van der Waals surface area contributed by atoms with E-state index in [4.69, 9.17) is 4.74 Å². The van der Waals surface area contributed by atoms with E-state index >= 15 is 0 Å². The van der Waals surface area contributed by atoms with E-state index in [0.717, 1.165) is 19.3 Å². The summed E-state index contributed by atoms with van der Waals surface area (Å²) >= 11 is 0. The van der Waals surface area contributed by atoms with E-state index in [1.54, 1.807) is 6.92 Å². The van der Waals surface area contributed by atoms with Crippen LogP contribution in [-0.2, 0) is 25.1 Å². The SMILES string of the molecule is CCOC(=O)CCC(=O)CS(=O)C1CCCC(C)C1. The lowest BCUT2D eigenvalue weighted by Gasteiger charge is -2.25. The van der Waals surface area contributed by atoms with Crippen molar-refractivity contribution in [1.82, 2.24) is 0 Å². The lowest BCUT2D eigenvalue weighted by Crippen LogP contribution is -2.27. The van der Waals surface area contributed by atoms with Gasteiger partial charge < -0.3 is 4.74 Å². The highest BCUT2D eigenvalue weighted by Crippen LogP contribution is 2.27. The maximum atomic E-state index is 12.1. The van der Waals surface area contributed by atoms with Crippen molar-refractivity contribution in [2.24, 2.45) is 5.92 Å². The van der Waals surface area contributed by atoms with Gasteiger partial charge in [0.05, 0.1) is 18.8 Å². The van der Waals surface area contributed by atoms with Crippen LogP contribution in [0.5, 0.6) is 0 Å². The number of Topliss-reactive ketones (excluding diaryl/α,β-unsaturated/α-hetero) is 1. The monoisotopic (exact) mass is 288 g/mol. The number of carbonyl (C=O) groups is 2. The van der Waals surface area contributed by atoms with Gasteiger partial charge in [0.25, 0.3) is 0 Å². The Balaban J connectivity index is 2.27. The first-order valence-corrected chi connectivity index (χ1v) is 8.45. The zero-order valence-corrected chi connectivity index (χ0v) is 12.7. The van der Waals surface area contributed by atoms with E-state index in [1.807, 2.05) is 0 Å². The molecule has 0 aromatic carbocycles. The van der Waals surface area contributed by atoms with Gasteiger partial charge in [-0.2, -0.15) is 0 Å². The van der Waals surface area contributed by atoms with Gasteiger partial charge >= 0.3 is 5.97 Å². The van der Waals surface area contributed by atoms with Crippen molar-refractivity contribution in [2.45, 2.75) is 57.6 Å². The minimum Gasteiger partial charge on any atom is -0.466 e. The Morgan fingerprint density at radius 3 is 2.63 bits per heavy atom. The predicted molar refractivity (Wildman–Crippen MR) is 75.3 cm³/mol. The molecule has 3 unspecified atom stereocenters. The number of ketones is 1. The summed E-state index contributed by atoms with van der Waals surface area (Å²) in [7, 11) is -1.08.